The van der Waals surface area contributed by atoms with Crippen LogP contribution in [0.3, 0.4) is 0 Å². The van der Waals surface area contributed by atoms with Crippen molar-refractivity contribution >= 4 is 0 Å². The van der Waals surface area contributed by atoms with Crippen molar-refractivity contribution in [3.8, 4) is 11.8 Å². The van der Waals surface area contributed by atoms with E-state index in [2.05, 4.69) is 23.0 Å². The Labute approximate surface area is 106 Å². The molecule has 0 aliphatic carbocycles. The van der Waals surface area contributed by atoms with E-state index >= 15 is 0 Å². The van der Waals surface area contributed by atoms with Crippen LogP contribution >= 0.6 is 0 Å². The zero-order valence-electron chi connectivity index (χ0n) is 10.5. The van der Waals surface area contributed by atoms with Crippen LogP contribution in [0.5, 0.6) is 5.75 Å². The van der Waals surface area contributed by atoms with Gasteiger partial charge in [0.25, 0.3) is 0 Å². The third kappa shape index (κ3) is 2.21. The second-order valence-electron chi connectivity index (χ2n) is 3.96. The number of nitrogens with zero attached hydrogens (tertiary/aromatic N) is 2. The van der Waals surface area contributed by atoms with E-state index < -0.39 is 0 Å². The molecular weight excluding hydrogens is 226 g/mol. The van der Waals surface area contributed by atoms with Crippen molar-refractivity contribution < 1.29 is 4.74 Å². The summed E-state index contributed by atoms with van der Waals surface area (Å²) >= 11 is 0. The first-order chi connectivity index (χ1) is 8.80. The molecule has 0 aliphatic heterocycles. The summed E-state index contributed by atoms with van der Waals surface area (Å²) in [5.41, 5.74) is 2.03. The van der Waals surface area contributed by atoms with Gasteiger partial charge in [-0.15, -0.1) is 0 Å². The Balaban J connectivity index is 2.41. The number of aromatic nitrogens is 2. The summed E-state index contributed by atoms with van der Waals surface area (Å²) < 4.78 is 5.29. The van der Waals surface area contributed by atoms with E-state index in [-0.39, 0.29) is 5.92 Å². The molecular formula is C14H15N3O. The Bertz CT molecular complexity index is 555. The molecule has 1 heterocycles. The molecule has 0 fully saturated rings. The zero-order valence-corrected chi connectivity index (χ0v) is 10.5. The molecule has 1 aromatic carbocycles. The lowest BCUT2D eigenvalue weighted by atomic mass is 9.96. The number of methoxy groups -OCH3 is 1. The van der Waals surface area contributed by atoms with Gasteiger partial charge in [0.05, 0.1) is 13.2 Å². The van der Waals surface area contributed by atoms with Crippen molar-refractivity contribution in [3.63, 3.8) is 0 Å². The van der Waals surface area contributed by atoms with E-state index in [0.29, 0.717) is 5.82 Å². The summed E-state index contributed by atoms with van der Waals surface area (Å²) in [5, 5.41) is 9.30. The predicted molar refractivity (Wildman–Crippen MR) is 68.4 cm³/mol. The molecule has 2 rings (SSSR count). The molecule has 0 spiro atoms. The van der Waals surface area contributed by atoms with Crippen LogP contribution in [-0.4, -0.2) is 17.1 Å². The summed E-state index contributed by atoms with van der Waals surface area (Å²) in [6.07, 6.45) is 4.25. The monoisotopic (exact) mass is 241 g/mol. The van der Waals surface area contributed by atoms with Gasteiger partial charge in [0.15, 0.2) is 0 Å². The van der Waals surface area contributed by atoms with E-state index in [4.69, 9.17) is 4.74 Å². The summed E-state index contributed by atoms with van der Waals surface area (Å²) in [6.45, 7) is 2.07. The van der Waals surface area contributed by atoms with Crippen LogP contribution in [0.2, 0.25) is 0 Å². The van der Waals surface area contributed by atoms with E-state index in [0.717, 1.165) is 23.3 Å². The molecule has 0 radical (unpaired) electrons. The number of nitriles is 1. The molecule has 1 atom stereocenters. The number of imidazole rings is 1. The van der Waals surface area contributed by atoms with E-state index in [1.165, 1.54) is 0 Å². The highest BCUT2D eigenvalue weighted by atomic mass is 16.5. The number of ether oxygens (including phenoxy) is 1. The van der Waals surface area contributed by atoms with Crippen LogP contribution in [0.1, 0.15) is 29.8 Å². The van der Waals surface area contributed by atoms with Crippen LogP contribution in [0.4, 0.5) is 0 Å². The molecule has 1 unspecified atom stereocenters. The van der Waals surface area contributed by atoms with Gasteiger partial charge >= 0.3 is 0 Å². The normalized spacial score (nSPS) is 11.8. The number of rotatable bonds is 4. The Hall–Kier alpha value is -2.28. The lowest BCUT2D eigenvalue weighted by Crippen LogP contribution is -2.02. The number of aromatic amines is 1. The summed E-state index contributed by atoms with van der Waals surface area (Å²) in [4.78, 5) is 7.14. The van der Waals surface area contributed by atoms with Gasteiger partial charge in [0, 0.05) is 12.4 Å². The Morgan fingerprint density at radius 2 is 2.33 bits per heavy atom. The van der Waals surface area contributed by atoms with E-state index in [1.54, 1.807) is 19.5 Å². The summed E-state index contributed by atoms with van der Waals surface area (Å²) in [6, 6.07) is 8.10. The fraction of sp³-hybridized carbons (Fsp3) is 0.286. The molecule has 2 aromatic rings. The second-order valence-corrected chi connectivity index (χ2v) is 3.96. The molecule has 1 aromatic heterocycles. The molecule has 0 saturated carbocycles. The smallest absolute Gasteiger partial charge is 0.129 e. The van der Waals surface area contributed by atoms with Crippen molar-refractivity contribution in [2.24, 2.45) is 0 Å². The molecule has 4 heteroatoms. The Morgan fingerprint density at radius 3 is 2.89 bits per heavy atom. The van der Waals surface area contributed by atoms with Gasteiger partial charge < -0.3 is 9.72 Å². The van der Waals surface area contributed by atoms with Crippen molar-refractivity contribution in [1.29, 1.82) is 5.26 Å². The molecule has 18 heavy (non-hydrogen) atoms. The number of aryl methyl sites for hydroxylation is 1. The average molecular weight is 241 g/mol. The molecule has 1 N–H and O–H groups in total. The largest absolute Gasteiger partial charge is 0.496 e. The van der Waals surface area contributed by atoms with E-state index in [1.807, 2.05) is 18.2 Å². The fourth-order valence-electron chi connectivity index (χ4n) is 1.98. The summed E-state index contributed by atoms with van der Waals surface area (Å²) in [7, 11) is 1.66. The van der Waals surface area contributed by atoms with Crippen LogP contribution in [0.15, 0.2) is 30.6 Å². The Morgan fingerprint density at radius 1 is 1.50 bits per heavy atom. The summed E-state index contributed by atoms with van der Waals surface area (Å²) in [5.74, 6) is 1.17. The maximum Gasteiger partial charge on any atom is 0.129 e. The lowest BCUT2D eigenvalue weighted by molar-refractivity contribution is 0.410. The number of hydrogen-bond donors (Lipinski definition) is 1. The maximum absolute atomic E-state index is 9.30. The van der Waals surface area contributed by atoms with Gasteiger partial charge in [0.1, 0.15) is 17.5 Å². The van der Waals surface area contributed by atoms with Crippen molar-refractivity contribution in [2.75, 3.05) is 7.11 Å². The predicted octanol–water partition coefficient (Wildman–Crippen LogP) is 2.64. The van der Waals surface area contributed by atoms with Gasteiger partial charge in [-0.2, -0.15) is 5.26 Å². The van der Waals surface area contributed by atoms with Crippen molar-refractivity contribution in [1.82, 2.24) is 9.97 Å². The number of hydrogen-bond acceptors (Lipinski definition) is 3. The molecule has 0 aliphatic rings. The van der Waals surface area contributed by atoms with Crippen LogP contribution in [-0.2, 0) is 6.42 Å². The lowest BCUT2D eigenvalue weighted by Gasteiger charge is -2.11. The van der Waals surface area contributed by atoms with Gasteiger partial charge in [-0.1, -0.05) is 19.1 Å². The van der Waals surface area contributed by atoms with Gasteiger partial charge in [0.2, 0.25) is 0 Å². The minimum absolute atomic E-state index is 0.365. The molecule has 0 bridgehead atoms. The van der Waals surface area contributed by atoms with Gasteiger partial charge in [-0.05, 0) is 23.6 Å². The van der Waals surface area contributed by atoms with Crippen LogP contribution in [0, 0.1) is 11.3 Å². The first-order valence-corrected chi connectivity index (χ1v) is 5.85. The topological polar surface area (TPSA) is 61.7 Å². The quantitative estimate of drug-likeness (QED) is 0.895. The SMILES string of the molecule is CCc1cc(C(C#N)c2ncc[nH]2)ccc1OC. The second kappa shape index (κ2) is 5.37. The average Bonchev–Trinajstić information content (AvgIpc) is 2.93. The number of benzene rings is 1. The van der Waals surface area contributed by atoms with E-state index in [9.17, 15) is 5.26 Å². The molecule has 0 saturated heterocycles. The van der Waals surface area contributed by atoms with Gasteiger partial charge in [-0.3, -0.25) is 0 Å². The maximum atomic E-state index is 9.30. The van der Waals surface area contributed by atoms with Crippen molar-refractivity contribution in [2.45, 2.75) is 19.3 Å². The third-order valence-electron chi connectivity index (χ3n) is 2.94. The fourth-order valence-corrected chi connectivity index (χ4v) is 1.98. The van der Waals surface area contributed by atoms with Crippen molar-refractivity contribution in [3.05, 3.63) is 47.5 Å². The van der Waals surface area contributed by atoms with Gasteiger partial charge in [-0.25, -0.2) is 4.98 Å². The first-order valence-electron chi connectivity index (χ1n) is 5.85. The highest BCUT2D eigenvalue weighted by Crippen LogP contribution is 2.27. The molecule has 92 valence electrons. The zero-order chi connectivity index (χ0) is 13.0. The highest BCUT2D eigenvalue weighted by molar-refractivity contribution is 5.42. The van der Waals surface area contributed by atoms with Crippen LogP contribution in [0.25, 0.3) is 0 Å². The third-order valence-corrected chi connectivity index (χ3v) is 2.94. The highest BCUT2D eigenvalue weighted by Gasteiger charge is 2.17. The molecule has 0 amide bonds. The molecule has 4 nitrogen and oxygen atoms in total. The first kappa shape index (κ1) is 12.2. The van der Waals surface area contributed by atoms with Crippen LogP contribution < -0.4 is 4.74 Å². The Kier molecular flexibility index (Phi) is 3.63. The number of nitrogens with one attached hydrogen (secondary N) is 1. The minimum Gasteiger partial charge on any atom is -0.496 e. The minimum atomic E-state index is -0.365. The number of H-pyrrole nitrogens is 1. The standard InChI is InChI=1S/C14H15N3O/c1-3-10-8-11(4-5-13(10)18-2)12(9-15)14-16-6-7-17-14/h4-8,12H,3H2,1-2H3,(H,16,17).